The molecule has 0 aromatic heterocycles. The maximum absolute atomic E-state index is 11.5. The summed E-state index contributed by atoms with van der Waals surface area (Å²) in [6.07, 6.45) is 0.475. The van der Waals surface area contributed by atoms with E-state index >= 15 is 0 Å². The van der Waals surface area contributed by atoms with E-state index in [1.807, 2.05) is 19.1 Å². The lowest BCUT2D eigenvalue weighted by atomic mass is 10.1. The van der Waals surface area contributed by atoms with Crippen molar-refractivity contribution in [3.05, 3.63) is 34.3 Å². The highest BCUT2D eigenvalue weighted by Gasteiger charge is 2.09. The number of nitrogens with zero attached hydrogens (tertiary/aromatic N) is 1. The van der Waals surface area contributed by atoms with Crippen molar-refractivity contribution in [2.75, 3.05) is 0 Å². The molecule has 0 radical (unpaired) electrons. The molecule has 0 saturated carbocycles. The summed E-state index contributed by atoms with van der Waals surface area (Å²) in [6.45, 7) is 1.91. The Kier molecular flexibility index (Phi) is 3.67. The lowest BCUT2D eigenvalue weighted by Crippen LogP contribution is -1.99. The molecule has 2 nitrogen and oxygen atoms in total. The molecule has 1 aromatic carbocycles. The molecule has 0 bridgehead atoms. The number of halogens is 1. The SMILES string of the molecule is Cc1ccc(C(=O)CCC#N)c(Cl)c1. The van der Waals surface area contributed by atoms with E-state index in [0.717, 1.165) is 5.56 Å². The van der Waals surface area contributed by atoms with Crippen molar-refractivity contribution in [1.82, 2.24) is 0 Å². The molecule has 0 fully saturated rings. The van der Waals surface area contributed by atoms with Gasteiger partial charge in [0.05, 0.1) is 11.1 Å². The number of rotatable bonds is 3. The topological polar surface area (TPSA) is 40.9 Å². The van der Waals surface area contributed by atoms with Gasteiger partial charge in [0.15, 0.2) is 5.78 Å². The van der Waals surface area contributed by atoms with Gasteiger partial charge in [0.1, 0.15) is 0 Å². The maximum atomic E-state index is 11.5. The molecule has 0 unspecified atom stereocenters. The molecule has 0 amide bonds. The van der Waals surface area contributed by atoms with Crippen molar-refractivity contribution in [2.45, 2.75) is 19.8 Å². The van der Waals surface area contributed by atoms with E-state index in [4.69, 9.17) is 16.9 Å². The molecule has 0 aliphatic heterocycles. The molecule has 0 aliphatic carbocycles. The Bertz CT molecular complexity index is 393. The number of carbonyl (C=O) groups is 1. The molecular formula is C11H10ClNO. The molecule has 0 saturated heterocycles. The number of hydrogen-bond acceptors (Lipinski definition) is 2. The number of carbonyl (C=O) groups excluding carboxylic acids is 1. The average Bonchev–Trinajstić information content (AvgIpc) is 2.14. The Morgan fingerprint density at radius 1 is 1.57 bits per heavy atom. The monoisotopic (exact) mass is 207 g/mol. The largest absolute Gasteiger partial charge is 0.294 e. The number of aryl methyl sites for hydroxylation is 1. The second-order valence-corrected chi connectivity index (χ2v) is 3.47. The number of nitriles is 1. The summed E-state index contributed by atoms with van der Waals surface area (Å²) in [4.78, 5) is 11.5. The van der Waals surface area contributed by atoms with E-state index in [0.29, 0.717) is 10.6 Å². The molecule has 1 aromatic rings. The minimum Gasteiger partial charge on any atom is -0.294 e. The van der Waals surface area contributed by atoms with E-state index in [1.54, 1.807) is 12.1 Å². The van der Waals surface area contributed by atoms with Crippen LogP contribution in [0.15, 0.2) is 18.2 Å². The van der Waals surface area contributed by atoms with Crippen LogP contribution in [0.1, 0.15) is 28.8 Å². The molecule has 0 spiro atoms. The number of Topliss-reactive ketones (excluding diaryl/α,β-unsaturated/α-hetero) is 1. The van der Waals surface area contributed by atoms with Crippen molar-refractivity contribution < 1.29 is 4.79 Å². The molecule has 3 heteroatoms. The first-order valence-corrected chi connectivity index (χ1v) is 4.69. The summed E-state index contributed by atoms with van der Waals surface area (Å²) in [5, 5.41) is 8.81. The minimum atomic E-state index is -0.0726. The Hall–Kier alpha value is -1.33. The molecule has 0 aliphatic rings. The summed E-state index contributed by atoms with van der Waals surface area (Å²) >= 11 is 5.90. The summed E-state index contributed by atoms with van der Waals surface area (Å²) in [7, 11) is 0. The Balaban J connectivity index is 2.86. The van der Waals surface area contributed by atoms with Crippen LogP contribution in [-0.4, -0.2) is 5.78 Å². The van der Waals surface area contributed by atoms with E-state index in [2.05, 4.69) is 0 Å². The van der Waals surface area contributed by atoms with E-state index in [1.165, 1.54) is 0 Å². The van der Waals surface area contributed by atoms with Crippen LogP contribution in [0.25, 0.3) is 0 Å². The number of hydrogen-bond donors (Lipinski definition) is 0. The van der Waals surface area contributed by atoms with Crippen molar-refractivity contribution >= 4 is 17.4 Å². The van der Waals surface area contributed by atoms with Crippen LogP contribution in [0, 0.1) is 18.3 Å². The van der Waals surface area contributed by atoms with Crippen molar-refractivity contribution in [3.63, 3.8) is 0 Å². The number of ketones is 1. The third kappa shape index (κ3) is 2.58. The Labute approximate surface area is 88.1 Å². The standard InChI is InChI=1S/C11H10ClNO/c1-8-4-5-9(10(12)7-8)11(14)3-2-6-13/h4-5,7H,2-3H2,1H3. The molecule has 14 heavy (non-hydrogen) atoms. The van der Waals surface area contributed by atoms with Crippen LogP contribution >= 0.6 is 11.6 Å². The molecule has 0 N–H and O–H groups in total. The second-order valence-electron chi connectivity index (χ2n) is 3.06. The second kappa shape index (κ2) is 4.78. The van der Waals surface area contributed by atoms with Crippen LogP contribution in [0.4, 0.5) is 0 Å². The first-order valence-electron chi connectivity index (χ1n) is 4.31. The third-order valence-electron chi connectivity index (χ3n) is 1.89. The zero-order valence-corrected chi connectivity index (χ0v) is 8.64. The zero-order valence-electron chi connectivity index (χ0n) is 7.88. The van der Waals surface area contributed by atoms with Crippen molar-refractivity contribution in [2.24, 2.45) is 0 Å². The highest BCUT2D eigenvalue weighted by atomic mass is 35.5. The van der Waals surface area contributed by atoms with E-state index in [-0.39, 0.29) is 18.6 Å². The predicted molar refractivity (Wildman–Crippen MR) is 55.4 cm³/mol. The van der Waals surface area contributed by atoms with Gasteiger partial charge in [-0.25, -0.2) is 0 Å². The summed E-state index contributed by atoms with van der Waals surface area (Å²) in [5.41, 5.74) is 1.53. The fourth-order valence-electron chi connectivity index (χ4n) is 1.15. The van der Waals surface area contributed by atoms with Gasteiger partial charge in [0.2, 0.25) is 0 Å². The molecule has 0 atom stereocenters. The maximum Gasteiger partial charge on any atom is 0.165 e. The van der Waals surface area contributed by atoms with Gasteiger partial charge in [0, 0.05) is 18.4 Å². The van der Waals surface area contributed by atoms with E-state index in [9.17, 15) is 4.79 Å². The summed E-state index contributed by atoms with van der Waals surface area (Å²) in [6, 6.07) is 7.23. The van der Waals surface area contributed by atoms with Gasteiger partial charge < -0.3 is 0 Å². The zero-order chi connectivity index (χ0) is 10.6. The molecule has 0 heterocycles. The third-order valence-corrected chi connectivity index (χ3v) is 2.20. The highest BCUT2D eigenvalue weighted by Crippen LogP contribution is 2.19. The summed E-state index contributed by atoms with van der Waals surface area (Å²) < 4.78 is 0. The van der Waals surface area contributed by atoms with Crippen LogP contribution < -0.4 is 0 Å². The fraction of sp³-hybridized carbons (Fsp3) is 0.273. The van der Waals surface area contributed by atoms with E-state index < -0.39 is 0 Å². The van der Waals surface area contributed by atoms with Gasteiger partial charge in [0.25, 0.3) is 0 Å². The first kappa shape index (κ1) is 10.7. The predicted octanol–water partition coefficient (Wildman–Crippen LogP) is 3.13. The Morgan fingerprint density at radius 2 is 2.29 bits per heavy atom. The molecule has 1 rings (SSSR count). The van der Waals surface area contributed by atoms with Gasteiger partial charge in [-0.05, 0) is 24.6 Å². The van der Waals surface area contributed by atoms with Gasteiger partial charge >= 0.3 is 0 Å². The van der Waals surface area contributed by atoms with Crippen LogP contribution in [0.2, 0.25) is 5.02 Å². The molecular weight excluding hydrogens is 198 g/mol. The lowest BCUT2D eigenvalue weighted by molar-refractivity contribution is 0.0984. The minimum absolute atomic E-state index is 0.0726. The highest BCUT2D eigenvalue weighted by molar-refractivity contribution is 6.34. The van der Waals surface area contributed by atoms with Gasteiger partial charge in [-0.1, -0.05) is 17.7 Å². The average molecular weight is 208 g/mol. The van der Waals surface area contributed by atoms with Crippen molar-refractivity contribution in [1.29, 1.82) is 5.26 Å². The lowest BCUT2D eigenvalue weighted by Gasteiger charge is -2.02. The normalized spacial score (nSPS) is 9.50. The fourth-order valence-corrected chi connectivity index (χ4v) is 1.49. The first-order chi connectivity index (χ1) is 6.65. The van der Waals surface area contributed by atoms with Crippen molar-refractivity contribution in [3.8, 4) is 6.07 Å². The summed E-state index contributed by atoms with van der Waals surface area (Å²) in [5.74, 6) is -0.0726. The van der Waals surface area contributed by atoms with Gasteiger partial charge in [-0.3, -0.25) is 4.79 Å². The van der Waals surface area contributed by atoms with Crippen LogP contribution in [-0.2, 0) is 0 Å². The van der Waals surface area contributed by atoms with Crippen LogP contribution in [0.3, 0.4) is 0 Å². The Morgan fingerprint density at radius 3 is 2.86 bits per heavy atom. The van der Waals surface area contributed by atoms with Crippen LogP contribution in [0.5, 0.6) is 0 Å². The van der Waals surface area contributed by atoms with Gasteiger partial charge in [-0.15, -0.1) is 0 Å². The smallest absolute Gasteiger partial charge is 0.165 e. The molecule has 72 valence electrons. The van der Waals surface area contributed by atoms with Gasteiger partial charge in [-0.2, -0.15) is 5.26 Å². The quantitative estimate of drug-likeness (QED) is 0.715. The number of benzene rings is 1.